The van der Waals surface area contributed by atoms with Gasteiger partial charge in [-0.05, 0) is 196 Å². The summed E-state index contributed by atoms with van der Waals surface area (Å²) in [5, 5.41) is 18.0. The third-order valence-electron chi connectivity index (χ3n) is 22.9. The predicted molar refractivity (Wildman–Crippen MR) is 368 cm³/mol. The van der Waals surface area contributed by atoms with Crippen LogP contribution >= 0.6 is 0 Å². The van der Waals surface area contributed by atoms with E-state index in [1.807, 2.05) is 0 Å². The zero-order valence-electron chi connectivity index (χ0n) is 49.6. The molecular weight excluding hydrogens is 1040 g/mol. The molecule has 0 bridgehead atoms. The highest BCUT2D eigenvalue weighted by atomic mass is 15.3. The number of hydrogen-bond donors (Lipinski definition) is 0. The molecule has 2 saturated carbocycles. The van der Waals surface area contributed by atoms with Crippen LogP contribution in [0.15, 0.2) is 243 Å². The van der Waals surface area contributed by atoms with Gasteiger partial charge in [0.15, 0.2) is 0 Å². The maximum Gasteiger partial charge on any atom is 0.0535 e. The fourth-order valence-electron chi connectivity index (χ4n) is 18.4. The van der Waals surface area contributed by atoms with Crippen molar-refractivity contribution in [3.63, 3.8) is 0 Å². The molecule has 2 fully saturated rings. The third-order valence-corrected chi connectivity index (χ3v) is 22.9. The van der Waals surface area contributed by atoms with Gasteiger partial charge in [-0.25, -0.2) is 0 Å². The van der Waals surface area contributed by atoms with Gasteiger partial charge in [0.05, 0.1) is 22.5 Å². The first-order valence-electron chi connectivity index (χ1n) is 31.8. The predicted octanol–water partition coefficient (Wildman–Crippen LogP) is 23.3. The van der Waals surface area contributed by atoms with Gasteiger partial charge >= 0.3 is 0 Å². The zero-order valence-corrected chi connectivity index (χ0v) is 49.6. The molecule has 4 unspecified atom stereocenters. The van der Waals surface area contributed by atoms with Crippen LogP contribution in [0.1, 0.15) is 90.2 Å². The fourth-order valence-corrected chi connectivity index (χ4v) is 18.4. The molecule has 18 rings (SSSR count). The summed E-state index contributed by atoms with van der Waals surface area (Å²) in [7, 11) is 0. The van der Waals surface area contributed by atoms with Gasteiger partial charge in [0.25, 0.3) is 0 Å². The molecule has 0 spiro atoms. The van der Waals surface area contributed by atoms with Gasteiger partial charge in [-0.1, -0.05) is 246 Å². The lowest BCUT2D eigenvalue weighted by Crippen LogP contribution is -2.54. The summed E-state index contributed by atoms with van der Waals surface area (Å²) in [6, 6.07) is 93.9. The molecule has 414 valence electrons. The highest BCUT2D eigenvalue weighted by molar-refractivity contribution is 6.34. The van der Waals surface area contributed by atoms with Crippen LogP contribution < -0.4 is 9.80 Å². The number of hydrogen-bond acceptors (Lipinski definition) is 2. The van der Waals surface area contributed by atoms with E-state index in [1.165, 1.54) is 192 Å². The van der Waals surface area contributed by atoms with E-state index in [-0.39, 0.29) is 21.9 Å². The molecule has 0 amide bonds. The topological polar surface area (TPSA) is 6.48 Å². The summed E-state index contributed by atoms with van der Waals surface area (Å²) in [4.78, 5) is 5.54. The molecule has 0 N–H and O–H groups in total. The summed E-state index contributed by atoms with van der Waals surface area (Å²) in [6.45, 7) is 10.3. The molecule has 14 aromatic rings. The largest absolute Gasteiger partial charge is 0.334 e. The second-order valence-electron chi connectivity index (χ2n) is 26.8. The van der Waals surface area contributed by atoms with Crippen LogP contribution in [-0.2, 0) is 10.8 Å². The lowest BCUT2D eigenvalue weighted by molar-refractivity contribution is 0.195. The molecule has 2 aliphatic heterocycles. The van der Waals surface area contributed by atoms with E-state index in [0.29, 0.717) is 0 Å². The zero-order chi connectivity index (χ0) is 57.3. The van der Waals surface area contributed by atoms with Crippen LogP contribution in [0, 0.1) is 0 Å². The molecule has 2 nitrogen and oxygen atoms in total. The van der Waals surface area contributed by atoms with E-state index in [9.17, 15) is 0 Å². The SMILES string of the molecule is CC12CCCCC1(C)N(c1ccccc1)c1c2ccc2c(-c3cc(-c4cccc5ccccc45)c4ccc5c(-c6cccc7c8c(ccc67)C6(C)CCCCC6(C)N8c6ccccc6)cc(-c6cccc7ccccc67)c6ccc3c4c65)cccc12. The Kier molecular flexibility index (Phi) is 10.6. The summed E-state index contributed by atoms with van der Waals surface area (Å²) in [5.74, 6) is 0. The van der Waals surface area contributed by atoms with Gasteiger partial charge in [-0.2, -0.15) is 0 Å². The van der Waals surface area contributed by atoms with Crippen molar-refractivity contribution in [3.8, 4) is 44.5 Å². The molecule has 2 heterocycles. The van der Waals surface area contributed by atoms with Crippen LogP contribution in [0.5, 0.6) is 0 Å². The van der Waals surface area contributed by atoms with Gasteiger partial charge in [-0.3, -0.25) is 0 Å². The third kappa shape index (κ3) is 6.57. The Morgan fingerprint density at radius 3 is 0.977 bits per heavy atom. The number of rotatable bonds is 6. The van der Waals surface area contributed by atoms with Crippen LogP contribution in [-0.4, -0.2) is 11.1 Å². The monoisotopic (exact) mass is 1100 g/mol. The van der Waals surface area contributed by atoms with Crippen LogP contribution in [0.3, 0.4) is 0 Å². The van der Waals surface area contributed by atoms with Gasteiger partial charge in [0.1, 0.15) is 0 Å². The van der Waals surface area contributed by atoms with Crippen molar-refractivity contribution >= 4 is 98.2 Å². The van der Waals surface area contributed by atoms with Gasteiger partial charge < -0.3 is 9.80 Å². The highest BCUT2D eigenvalue weighted by Gasteiger charge is 2.59. The van der Waals surface area contributed by atoms with E-state index in [0.717, 1.165) is 12.8 Å². The Labute approximate surface area is 504 Å². The van der Waals surface area contributed by atoms with Crippen molar-refractivity contribution in [3.05, 3.63) is 254 Å². The number of benzene rings is 14. The Bertz CT molecular complexity index is 4820. The fraction of sp³-hybridized carbons (Fsp3) is 0.190. The van der Waals surface area contributed by atoms with Crippen molar-refractivity contribution in [2.45, 2.75) is 101 Å². The van der Waals surface area contributed by atoms with Crippen molar-refractivity contribution in [2.24, 2.45) is 0 Å². The minimum Gasteiger partial charge on any atom is -0.334 e. The number of para-hydroxylation sites is 2. The molecule has 14 aromatic carbocycles. The summed E-state index contributed by atoms with van der Waals surface area (Å²) in [5.41, 5.74) is 18.3. The average Bonchev–Trinajstić information content (AvgIpc) is 1.45. The van der Waals surface area contributed by atoms with Crippen LogP contribution in [0.4, 0.5) is 22.7 Å². The number of anilines is 4. The molecule has 0 saturated heterocycles. The van der Waals surface area contributed by atoms with Crippen molar-refractivity contribution < 1.29 is 0 Å². The standard InChI is InChI=1S/C84H68N2/c1-81-47-15-17-49-83(81,3)85(55-27-7-5-8-28-55)79-69-37-21-35-61(63(69)43-45-75(79)81)73-51-71(59-33-19-25-53-23-11-13-31-57(53)59)65-40-42-68-74(52-72(66-39-41-67(73)77(65)78(66)68)60-34-20-26-54-24-12-14-32-58(54)60)62-36-22-38-70-64(62)44-46-76-80(70)86(56-29-9-6-10-30-56)84(4)50-18-16-48-82(76,84)2/h5-14,19-46,51-52H,15-18,47-50H2,1-4H3. The van der Waals surface area contributed by atoms with Crippen molar-refractivity contribution in [2.75, 3.05) is 9.80 Å². The molecule has 2 heteroatoms. The first-order chi connectivity index (χ1) is 42.2. The maximum atomic E-state index is 2.77. The molecule has 2 aliphatic carbocycles. The normalized spacial score (nSPS) is 21.7. The Morgan fingerprint density at radius 1 is 0.256 bits per heavy atom. The maximum absolute atomic E-state index is 2.77. The molecule has 4 atom stereocenters. The summed E-state index contributed by atoms with van der Waals surface area (Å²) in [6.07, 6.45) is 9.68. The lowest BCUT2D eigenvalue weighted by atomic mass is 9.61. The van der Waals surface area contributed by atoms with E-state index < -0.39 is 0 Å². The number of nitrogens with zero attached hydrogens (tertiary/aromatic N) is 2. The summed E-state index contributed by atoms with van der Waals surface area (Å²) >= 11 is 0. The molecule has 0 aromatic heterocycles. The second kappa shape index (κ2) is 18.1. The van der Waals surface area contributed by atoms with Crippen LogP contribution in [0.2, 0.25) is 0 Å². The highest BCUT2D eigenvalue weighted by Crippen LogP contribution is 2.65. The Morgan fingerprint density at radius 2 is 0.570 bits per heavy atom. The smallest absolute Gasteiger partial charge is 0.0535 e. The molecule has 86 heavy (non-hydrogen) atoms. The van der Waals surface area contributed by atoms with E-state index >= 15 is 0 Å². The summed E-state index contributed by atoms with van der Waals surface area (Å²) < 4.78 is 0. The molecule has 4 aliphatic rings. The molecular formula is C84H68N2. The quantitative estimate of drug-likeness (QED) is 0.153. The first kappa shape index (κ1) is 50.1. The van der Waals surface area contributed by atoms with Crippen molar-refractivity contribution in [1.82, 2.24) is 0 Å². The van der Waals surface area contributed by atoms with Crippen molar-refractivity contribution in [1.29, 1.82) is 0 Å². The average molecular weight is 1110 g/mol. The van der Waals surface area contributed by atoms with Gasteiger partial charge in [0, 0.05) is 33.0 Å². The van der Waals surface area contributed by atoms with E-state index in [4.69, 9.17) is 0 Å². The minimum absolute atomic E-state index is 0.00869. The minimum atomic E-state index is -0.0621. The van der Waals surface area contributed by atoms with E-state index in [2.05, 4.69) is 280 Å². The van der Waals surface area contributed by atoms with Gasteiger partial charge in [0.2, 0.25) is 0 Å². The van der Waals surface area contributed by atoms with Crippen LogP contribution in [0.25, 0.3) is 120 Å². The second-order valence-corrected chi connectivity index (χ2v) is 26.8. The Hall–Kier alpha value is -9.24. The number of fused-ring (bicyclic) bond motifs is 12. The van der Waals surface area contributed by atoms with Gasteiger partial charge in [-0.15, -0.1) is 0 Å². The molecule has 0 radical (unpaired) electrons. The first-order valence-corrected chi connectivity index (χ1v) is 31.8. The lowest BCUT2D eigenvalue weighted by Gasteiger charge is -2.50. The van der Waals surface area contributed by atoms with E-state index in [1.54, 1.807) is 0 Å². The Balaban J connectivity index is 0.963.